The number of benzene rings is 1. The summed E-state index contributed by atoms with van der Waals surface area (Å²) in [4.78, 5) is 0. The highest BCUT2D eigenvalue weighted by molar-refractivity contribution is 9.10. The van der Waals surface area contributed by atoms with E-state index >= 15 is 0 Å². The Balaban J connectivity index is 3.11. The van der Waals surface area contributed by atoms with E-state index in [2.05, 4.69) is 22.0 Å². The van der Waals surface area contributed by atoms with Crippen LogP contribution in [0.4, 0.5) is 0 Å². The van der Waals surface area contributed by atoms with Crippen LogP contribution in [0.3, 0.4) is 0 Å². The number of para-hydroxylation sites is 1. The molecule has 2 nitrogen and oxygen atoms in total. The van der Waals surface area contributed by atoms with E-state index in [9.17, 15) is 0 Å². The number of ether oxygens (including phenoxy) is 1. The Morgan fingerprint density at radius 3 is 2.92 bits per heavy atom. The highest BCUT2D eigenvalue weighted by Gasteiger charge is 2.04. The molecule has 0 bridgehead atoms. The molecule has 12 heavy (non-hydrogen) atoms. The zero-order valence-corrected chi connectivity index (χ0v) is 8.26. The normalized spacial score (nSPS) is 9.08. The van der Waals surface area contributed by atoms with Gasteiger partial charge in [-0.3, -0.25) is 0 Å². The lowest BCUT2D eigenvalue weighted by molar-refractivity contribution is 0.408. The molecule has 0 amide bonds. The van der Waals surface area contributed by atoms with Crippen molar-refractivity contribution in [3.63, 3.8) is 0 Å². The summed E-state index contributed by atoms with van der Waals surface area (Å²) in [7, 11) is 1.60. The second kappa shape index (κ2) is 4.13. The first-order chi connectivity index (χ1) is 5.79. The van der Waals surface area contributed by atoms with Crippen LogP contribution in [-0.4, -0.2) is 7.11 Å². The Morgan fingerprint density at radius 2 is 2.33 bits per heavy atom. The molecule has 0 aromatic heterocycles. The van der Waals surface area contributed by atoms with Crippen LogP contribution in [0, 0.1) is 11.3 Å². The molecule has 0 radical (unpaired) electrons. The number of hydrogen-bond acceptors (Lipinski definition) is 2. The van der Waals surface area contributed by atoms with Crippen LogP contribution in [-0.2, 0) is 6.42 Å². The summed E-state index contributed by atoms with van der Waals surface area (Å²) in [6.45, 7) is 0. The van der Waals surface area contributed by atoms with Gasteiger partial charge in [-0.05, 0) is 22.0 Å². The zero-order valence-electron chi connectivity index (χ0n) is 6.67. The molecular formula is C9H8BrNO. The summed E-state index contributed by atoms with van der Waals surface area (Å²) in [6.07, 6.45) is 0.378. The number of methoxy groups -OCH3 is 1. The molecule has 0 aliphatic heterocycles. The van der Waals surface area contributed by atoms with Gasteiger partial charge in [0.15, 0.2) is 0 Å². The van der Waals surface area contributed by atoms with Gasteiger partial charge in [0.1, 0.15) is 5.75 Å². The van der Waals surface area contributed by atoms with E-state index < -0.39 is 0 Å². The molecule has 0 saturated heterocycles. The van der Waals surface area contributed by atoms with Crippen molar-refractivity contribution in [2.75, 3.05) is 7.11 Å². The molecule has 0 heterocycles. The molecule has 0 aliphatic rings. The first-order valence-electron chi connectivity index (χ1n) is 3.48. The number of hydrogen-bond donors (Lipinski definition) is 0. The van der Waals surface area contributed by atoms with E-state index in [-0.39, 0.29) is 0 Å². The zero-order chi connectivity index (χ0) is 8.97. The molecule has 3 heteroatoms. The van der Waals surface area contributed by atoms with Gasteiger partial charge in [0.2, 0.25) is 0 Å². The van der Waals surface area contributed by atoms with Crippen molar-refractivity contribution in [2.45, 2.75) is 6.42 Å². The van der Waals surface area contributed by atoms with Crippen LogP contribution in [0.25, 0.3) is 0 Å². The SMILES string of the molecule is COc1c(Br)cccc1CC#N. The van der Waals surface area contributed by atoms with Crippen molar-refractivity contribution < 1.29 is 4.74 Å². The second-order valence-electron chi connectivity index (χ2n) is 2.27. The van der Waals surface area contributed by atoms with Gasteiger partial charge in [-0.1, -0.05) is 12.1 Å². The molecule has 0 aliphatic carbocycles. The quantitative estimate of drug-likeness (QED) is 0.776. The number of halogens is 1. The fraction of sp³-hybridized carbons (Fsp3) is 0.222. The van der Waals surface area contributed by atoms with Crippen LogP contribution in [0.5, 0.6) is 5.75 Å². The Hall–Kier alpha value is -1.01. The number of nitriles is 1. The Labute approximate surface area is 79.9 Å². The molecule has 0 spiro atoms. The van der Waals surface area contributed by atoms with Gasteiger partial charge in [-0.15, -0.1) is 0 Å². The Kier molecular flexibility index (Phi) is 3.12. The third kappa shape index (κ3) is 1.77. The molecule has 62 valence electrons. The third-order valence-corrected chi connectivity index (χ3v) is 2.15. The van der Waals surface area contributed by atoms with Crippen molar-refractivity contribution in [1.29, 1.82) is 5.26 Å². The monoisotopic (exact) mass is 225 g/mol. The molecule has 0 unspecified atom stereocenters. The van der Waals surface area contributed by atoms with E-state index in [1.807, 2.05) is 18.2 Å². The van der Waals surface area contributed by atoms with Gasteiger partial charge in [-0.2, -0.15) is 5.26 Å². The minimum Gasteiger partial charge on any atom is -0.495 e. The largest absolute Gasteiger partial charge is 0.495 e. The van der Waals surface area contributed by atoms with Crippen LogP contribution >= 0.6 is 15.9 Å². The van der Waals surface area contributed by atoms with Gasteiger partial charge in [-0.25, -0.2) is 0 Å². The van der Waals surface area contributed by atoms with Gasteiger partial charge in [0.05, 0.1) is 24.1 Å². The lowest BCUT2D eigenvalue weighted by Gasteiger charge is -2.06. The molecule has 0 N–H and O–H groups in total. The average molecular weight is 226 g/mol. The second-order valence-corrected chi connectivity index (χ2v) is 3.12. The summed E-state index contributed by atoms with van der Waals surface area (Å²) >= 11 is 3.34. The van der Waals surface area contributed by atoms with Crippen LogP contribution < -0.4 is 4.74 Å². The van der Waals surface area contributed by atoms with E-state index in [4.69, 9.17) is 10.00 Å². The molecule has 1 aromatic rings. The van der Waals surface area contributed by atoms with Gasteiger partial charge >= 0.3 is 0 Å². The molecular weight excluding hydrogens is 218 g/mol. The average Bonchev–Trinajstić information content (AvgIpc) is 2.05. The predicted octanol–water partition coefficient (Wildman–Crippen LogP) is 2.52. The molecule has 0 saturated carbocycles. The standard InChI is InChI=1S/C9H8BrNO/c1-12-9-7(5-6-11)3-2-4-8(9)10/h2-4H,5H2,1H3. The smallest absolute Gasteiger partial charge is 0.137 e. The number of rotatable bonds is 2. The van der Waals surface area contributed by atoms with Crippen LogP contribution in [0.15, 0.2) is 22.7 Å². The van der Waals surface area contributed by atoms with E-state index in [0.717, 1.165) is 15.8 Å². The summed E-state index contributed by atoms with van der Waals surface area (Å²) in [5.41, 5.74) is 0.911. The van der Waals surface area contributed by atoms with Crippen molar-refractivity contribution in [2.24, 2.45) is 0 Å². The Bertz CT molecular complexity index is 317. The third-order valence-electron chi connectivity index (χ3n) is 1.52. The van der Waals surface area contributed by atoms with E-state index in [1.165, 1.54) is 0 Å². The lowest BCUT2D eigenvalue weighted by atomic mass is 10.1. The van der Waals surface area contributed by atoms with Gasteiger partial charge in [0.25, 0.3) is 0 Å². The lowest BCUT2D eigenvalue weighted by Crippen LogP contribution is -1.91. The maximum atomic E-state index is 8.51. The van der Waals surface area contributed by atoms with E-state index in [0.29, 0.717) is 6.42 Å². The summed E-state index contributed by atoms with van der Waals surface area (Å²) in [5.74, 6) is 0.749. The summed E-state index contributed by atoms with van der Waals surface area (Å²) in [6, 6.07) is 7.74. The van der Waals surface area contributed by atoms with Crippen molar-refractivity contribution in [1.82, 2.24) is 0 Å². The summed E-state index contributed by atoms with van der Waals surface area (Å²) < 4.78 is 6.02. The molecule has 1 aromatic carbocycles. The topological polar surface area (TPSA) is 33.0 Å². The minimum absolute atomic E-state index is 0.378. The van der Waals surface area contributed by atoms with Crippen molar-refractivity contribution in [3.05, 3.63) is 28.2 Å². The van der Waals surface area contributed by atoms with Gasteiger partial charge in [0, 0.05) is 5.56 Å². The van der Waals surface area contributed by atoms with Crippen molar-refractivity contribution in [3.8, 4) is 11.8 Å². The molecule has 1 rings (SSSR count). The first kappa shape index (κ1) is 9.08. The fourth-order valence-electron chi connectivity index (χ4n) is 1.01. The maximum absolute atomic E-state index is 8.51. The Morgan fingerprint density at radius 1 is 1.58 bits per heavy atom. The fourth-order valence-corrected chi connectivity index (χ4v) is 1.58. The van der Waals surface area contributed by atoms with Crippen LogP contribution in [0.1, 0.15) is 5.56 Å². The highest BCUT2D eigenvalue weighted by Crippen LogP contribution is 2.28. The first-order valence-corrected chi connectivity index (χ1v) is 4.27. The predicted molar refractivity (Wildman–Crippen MR) is 50.0 cm³/mol. The number of nitrogens with zero attached hydrogens (tertiary/aromatic N) is 1. The molecule has 0 atom stereocenters. The van der Waals surface area contributed by atoms with Gasteiger partial charge < -0.3 is 4.74 Å². The molecule has 0 fully saturated rings. The van der Waals surface area contributed by atoms with Crippen LogP contribution in [0.2, 0.25) is 0 Å². The minimum atomic E-state index is 0.378. The van der Waals surface area contributed by atoms with Crippen molar-refractivity contribution >= 4 is 15.9 Å². The summed E-state index contributed by atoms with van der Waals surface area (Å²) in [5, 5.41) is 8.51. The maximum Gasteiger partial charge on any atom is 0.137 e. The van der Waals surface area contributed by atoms with E-state index in [1.54, 1.807) is 7.11 Å². The highest BCUT2D eigenvalue weighted by atomic mass is 79.9.